The first-order valence-electron chi connectivity index (χ1n) is 6.20. The maximum atomic E-state index is 11.3. The van der Waals surface area contributed by atoms with Crippen molar-refractivity contribution in [1.82, 2.24) is 4.98 Å². The molecular weight excluding hydrogens is 313 g/mol. The molecule has 21 heavy (non-hydrogen) atoms. The number of aromatic nitrogens is 1. The van der Waals surface area contributed by atoms with Crippen molar-refractivity contribution in [2.45, 2.75) is 6.92 Å². The topological polar surface area (TPSA) is 63.2 Å². The summed E-state index contributed by atoms with van der Waals surface area (Å²) >= 11 is 11.9. The fourth-order valence-corrected chi connectivity index (χ4v) is 2.01. The lowest BCUT2D eigenvalue weighted by Crippen LogP contribution is -2.13. The highest BCUT2D eigenvalue weighted by atomic mass is 35.5. The molecule has 0 aliphatic rings. The summed E-state index contributed by atoms with van der Waals surface area (Å²) in [6, 6.07) is 8.55. The first-order valence-corrected chi connectivity index (χ1v) is 6.96. The van der Waals surface area contributed by atoms with E-state index in [4.69, 9.17) is 27.9 Å². The molecule has 0 aliphatic carbocycles. The molecule has 5 nitrogen and oxygen atoms in total. The molecule has 0 atom stereocenters. The highest BCUT2D eigenvalue weighted by molar-refractivity contribution is 6.36. The molecular formula is C14H13Cl2N3O2. The van der Waals surface area contributed by atoms with E-state index in [1.807, 2.05) is 0 Å². The molecule has 2 N–H and O–H groups in total. The van der Waals surface area contributed by atoms with Gasteiger partial charge in [-0.25, -0.2) is 9.78 Å². The zero-order valence-electron chi connectivity index (χ0n) is 11.2. The molecule has 0 aliphatic heterocycles. The Morgan fingerprint density at radius 2 is 2.10 bits per heavy atom. The normalized spacial score (nSPS) is 10.0. The molecule has 0 saturated heterocycles. The zero-order chi connectivity index (χ0) is 15.2. The maximum absolute atomic E-state index is 11.3. The molecule has 2 aromatic rings. The third kappa shape index (κ3) is 4.51. The number of carbonyl (C=O) groups excluding carboxylic acids is 1. The van der Waals surface area contributed by atoms with E-state index in [1.54, 1.807) is 37.3 Å². The fraction of sp³-hybridized carbons (Fsp3) is 0.143. The number of rotatable bonds is 4. The smallest absolute Gasteiger partial charge is 0.411 e. The van der Waals surface area contributed by atoms with Gasteiger partial charge in [0.15, 0.2) is 0 Å². The molecule has 7 heteroatoms. The molecule has 0 unspecified atom stereocenters. The van der Waals surface area contributed by atoms with Gasteiger partial charge in [0.25, 0.3) is 0 Å². The van der Waals surface area contributed by atoms with Crippen LogP contribution in [-0.2, 0) is 4.74 Å². The molecule has 1 aromatic carbocycles. The molecule has 110 valence electrons. The Labute approximate surface area is 132 Å². The minimum absolute atomic E-state index is 0.313. The van der Waals surface area contributed by atoms with Gasteiger partial charge in [-0.3, -0.25) is 5.32 Å². The molecule has 1 heterocycles. The van der Waals surface area contributed by atoms with Crippen LogP contribution in [0.25, 0.3) is 0 Å². The molecule has 0 radical (unpaired) electrons. The summed E-state index contributed by atoms with van der Waals surface area (Å²) < 4.78 is 4.78. The average Bonchev–Trinajstić information content (AvgIpc) is 2.44. The van der Waals surface area contributed by atoms with Crippen LogP contribution in [-0.4, -0.2) is 17.7 Å². The second kappa shape index (κ2) is 7.15. The van der Waals surface area contributed by atoms with Crippen LogP contribution in [0.5, 0.6) is 0 Å². The van der Waals surface area contributed by atoms with Crippen molar-refractivity contribution in [2.75, 3.05) is 17.2 Å². The van der Waals surface area contributed by atoms with Gasteiger partial charge in [-0.2, -0.15) is 0 Å². The quantitative estimate of drug-likeness (QED) is 0.855. The van der Waals surface area contributed by atoms with Crippen molar-refractivity contribution in [3.8, 4) is 0 Å². The van der Waals surface area contributed by atoms with Crippen LogP contribution >= 0.6 is 23.2 Å². The number of hydrogen-bond acceptors (Lipinski definition) is 4. The Morgan fingerprint density at radius 3 is 2.71 bits per heavy atom. The third-order valence-corrected chi connectivity index (χ3v) is 3.03. The van der Waals surface area contributed by atoms with Gasteiger partial charge in [0.2, 0.25) is 0 Å². The van der Waals surface area contributed by atoms with Crippen molar-refractivity contribution >= 4 is 46.5 Å². The average molecular weight is 326 g/mol. The molecule has 0 spiro atoms. The van der Waals surface area contributed by atoms with E-state index in [0.717, 1.165) is 0 Å². The van der Waals surface area contributed by atoms with Gasteiger partial charge >= 0.3 is 6.09 Å². The molecule has 2 rings (SSSR count). The summed E-state index contributed by atoms with van der Waals surface area (Å²) in [6.45, 7) is 2.05. The van der Waals surface area contributed by atoms with Crippen molar-refractivity contribution in [1.29, 1.82) is 0 Å². The summed E-state index contributed by atoms with van der Waals surface area (Å²) in [5.41, 5.74) is 1.24. The van der Waals surface area contributed by atoms with Gasteiger partial charge in [0.1, 0.15) is 5.82 Å². The van der Waals surface area contributed by atoms with Gasteiger partial charge in [-0.1, -0.05) is 23.2 Å². The number of amides is 1. The zero-order valence-corrected chi connectivity index (χ0v) is 12.7. The SMILES string of the molecule is CCOC(=O)Nc1ccc(Nc2ccc(Cl)cc2Cl)nc1. The lowest BCUT2D eigenvalue weighted by molar-refractivity contribution is 0.168. The minimum Gasteiger partial charge on any atom is -0.450 e. The summed E-state index contributed by atoms with van der Waals surface area (Å²) in [4.78, 5) is 15.4. The molecule has 0 bridgehead atoms. The predicted octanol–water partition coefficient (Wildman–Crippen LogP) is 4.70. The van der Waals surface area contributed by atoms with Crippen LogP contribution in [0, 0.1) is 0 Å². The first-order chi connectivity index (χ1) is 10.1. The van der Waals surface area contributed by atoms with Crippen molar-refractivity contribution < 1.29 is 9.53 Å². The van der Waals surface area contributed by atoms with E-state index >= 15 is 0 Å². The van der Waals surface area contributed by atoms with Gasteiger partial charge in [0, 0.05) is 5.02 Å². The molecule has 1 aromatic heterocycles. The third-order valence-electron chi connectivity index (χ3n) is 2.48. The Morgan fingerprint density at radius 1 is 1.29 bits per heavy atom. The summed E-state index contributed by atoms with van der Waals surface area (Å²) in [7, 11) is 0. The maximum Gasteiger partial charge on any atom is 0.411 e. The van der Waals surface area contributed by atoms with E-state index in [9.17, 15) is 4.79 Å². The molecule has 0 fully saturated rings. The van der Waals surface area contributed by atoms with Crippen LogP contribution in [0.15, 0.2) is 36.5 Å². The number of ether oxygens (including phenoxy) is 1. The van der Waals surface area contributed by atoms with Gasteiger partial charge < -0.3 is 10.1 Å². The van der Waals surface area contributed by atoms with Gasteiger partial charge in [-0.05, 0) is 37.3 Å². The Hall–Kier alpha value is -1.98. The van der Waals surface area contributed by atoms with Crippen molar-refractivity contribution in [3.05, 3.63) is 46.6 Å². The molecule has 1 amide bonds. The monoisotopic (exact) mass is 325 g/mol. The van der Waals surface area contributed by atoms with Crippen LogP contribution in [0.3, 0.4) is 0 Å². The van der Waals surface area contributed by atoms with Gasteiger partial charge in [0.05, 0.1) is 29.2 Å². The van der Waals surface area contributed by atoms with E-state index in [2.05, 4.69) is 15.6 Å². The fourth-order valence-electron chi connectivity index (χ4n) is 1.56. The number of anilines is 3. The van der Waals surface area contributed by atoms with Crippen LogP contribution in [0.1, 0.15) is 6.92 Å². The second-order valence-corrected chi connectivity index (χ2v) is 4.87. The van der Waals surface area contributed by atoms with Crippen molar-refractivity contribution in [2.24, 2.45) is 0 Å². The number of nitrogens with zero attached hydrogens (tertiary/aromatic N) is 1. The Bertz CT molecular complexity index is 633. The lowest BCUT2D eigenvalue weighted by atomic mass is 10.3. The van der Waals surface area contributed by atoms with E-state index in [1.165, 1.54) is 6.20 Å². The van der Waals surface area contributed by atoms with Crippen LogP contribution in [0.2, 0.25) is 10.0 Å². The highest BCUT2D eigenvalue weighted by Crippen LogP contribution is 2.27. The van der Waals surface area contributed by atoms with Gasteiger partial charge in [-0.15, -0.1) is 0 Å². The largest absolute Gasteiger partial charge is 0.450 e. The number of benzene rings is 1. The van der Waals surface area contributed by atoms with Crippen LogP contribution in [0.4, 0.5) is 22.0 Å². The standard InChI is InChI=1S/C14H13Cl2N3O2/c1-2-21-14(20)18-10-4-6-13(17-8-10)19-12-5-3-9(15)7-11(12)16/h3-8H,2H2,1H3,(H,17,19)(H,18,20). The predicted molar refractivity (Wildman–Crippen MR) is 84.6 cm³/mol. The van der Waals surface area contributed by atoms with E-state index in [-0.39, 0.29) is 0 Å². The number of halogens is 2. The van der Waals surface area contributed by atoms with E-state index < -0.39 is 6.09 Å². The summed E-state index contributed by atoms with van der Waals surface area (Å²) in [6.07, 6.45) is 1.00. The Balaban J connectivity index is 2.03. The lowest BCUT2D eigenvalue weighted by Gasteiger charge is -2.09. The number of pyridine rings is 1. The summed E-state index contributed by atoms with van der Waals surface area (Å²) in [5.74, 6) is 0.591. The summed E-state index contributed by atoms with van der Waals surface area (Å²) in [5, 5.41) is 6.68. The highest BCUT2D eigenvalue weighted by Gasteiger charge is 2.04. The van der Waals surface area contributed by atoms with Crippen molar-refractivity contribution in [3.63, 3.8) is 0 Å². The van der Waals surface area contributed by atoms with E-state index in [0.29, 0.717) is 33.8 Å². The minimum atomic E-state index is -0.513. The number of hydrogen-bond donors (Lipinski definition) is 2. The first kappa shape index (κ1) is 15.4. The molecule has 0 saturated carbocycles. The number of nitrogens with one attached hydrogen (secondary N) is 2. The second-order valence-electron chi connectivity index (χ2n) is 4.03. The number of carbonyl (C=O) groups is 1. The Kier molecular flexibility index (Phi) is 5.25. The van der Waals surface area contributed by atoms with Crippen LogP contribution < -0.4 is 10.6 Å².